The summed E-state index contributed by atoms with van der Waals surface area (Å²) >= 11 is 0. The number of hydrogen-bond donors (Lipinski definition) is 4. The molecule has 2 atom stereocenters. The Kier molecular flexibility index (Phi) is 5.71. The molecule has 7 nitrogen and oxygen atoms in total. The molecule has 2 unspecified atom stereocenters. The quantitative estimate of drug-likeness (QED) is 0.552. The maximum absolute atomic E-state index is 11.2. The summed E-state index contributed by atoms with van der Waals surface area (Å²) in [7, 11) is 0. The van der Waals surface area contributed by atoms with Gasteiger partial charge in [-0.2, -0.15) is 0 Å². The molecule has 0 saturated heterocycles. The molecule has 1 aromatic carbocycles. The average molecular weight is 269 g/mol. The van der Waals surface area contributed by atoms with E-state index < -0.39 is 18.8 Å². The minimum Gasteiger partial charge on any atom is -0.733 e. The highest BCUT2D eigenvalue weighted by Gasteiger charge is 2.21. The van der Waals surface area contributed by atoms with Gasteiger partial charge in [0.2, 0.25) is 5.91 Å². The fourth-order valence-electron chi connectivity index (χ4n) is 1.56. The van der Waals surface area contributed by atoms with Crippen LogP contribution in [0.3, 0.4) is 0 Å². The third-order valence-electron chi connectivity index (χ3n) is 2.70. The van der Waals surface area contributed by atoms with E-state index in [0.29, 0.717) is 5.56 Å². The van der Waals surface area contributed by atoms with Crippen molar-refractivity contribution in [2.75, 3.05) is 11.8 Å². The standard InChI is InChI=1S/C12H17N2O5/c1-2-11(16)13-10(7-15)12(17)8-3-5-9(6-4-8)14(18)19/h3-6,10,12,15,17-18H,2,7H2,1H3,(H,13,16)/q-1. The lowest BCUT2D eigenvalue weighted by atomic mass is 10.0. The molecule has 19 heavy (non-hydrogen) atoms. The number of rotatable bonds is 6. The van der Waals surface area contributed by atoms with E-state index in [-0.39, 0.29) is 23.2 Å². The van der Waals surface area contributed by atoms with Crippen LogP contribution in [-0.2, 0) is 4.79 Å². The molecule has 0 aromatic heterocycles. The second-order valence-corrected chi connectivity index (χ2v) is 4.02. The second-order valence-electron chi connectivity index (χ2n) is 4.02. The lowest BCUT2D eigenvalue weighted by molar-refractivity contribution is -0.122. The van der Waals surface area contributed by atoms with Crippen LogP contribution in [0.5, 0.6) is 0 Å². The van der Waals surface area contributed by atoms with E-state index in [1.54, 1.807) is 6.92 Å². The van der Waals surface area contributed by atoms with Crippen molar-refractivity contribution < 1.29 is 20.2 Å². The van der Waals surface area contributed by atoms with E-state index >= 15 is 0 Å². The Balaban J connectivity index is 2.79. The van der Waals surface area contributed by atoms with Crippen LogP contribution in [0.15, 0.2) is 24.3 Å². The maximum atomic E-state index is 11.2. The fraction of sp³-hybridized carbons (Fsp3) is 0.417. The number of nitrogens with zero attached hydrogens (tertiary/aromatic N) is 1. The number of aliphatic hydroxyl groups excluding tert-OH is 2. The zero-order valence-corrected chi connectivity index (χ0v) is 10.5. The summed E-state index contributed by atoms with van der Waals surface area (Å²) in [6, 6.07) is 4.68. The number of benzene rings is 1. The zero-order valence-electron chi connectivity index (χ0n) is 10.5. The summed E-state index contributed by atoms with van der Waals surface area (Å²) in [4.78, 5) is 11.2. The SMILES string of the molecule is CCC(=O)NC(CO)C(O)c1ccc(N([O-])O)cc1. The summed E-state index contributed by atoms with van der Waals surface area (Å²) in [5.74, 6) is -0.282. The largest absolute Gasteiger partial charge is 0.733 e. The molecule has 4 N–H and O–H groups in total. The molecule has 0 aliphatic rings. The van der Waals surface area contributed by atoms with Crippen LogP contribution in [0.4, 0.5) is 5.69 Å². The summed E-state index contributed by atoms with van der Waals surface area (Å²) in [6.45, 7) is 1.25. The average Bonchev–Trinajstić information content (AvgIpc) is 2.43. The van der Waals surface area contributed by atoms with Gasteiger partial charge in [0.15, 0.2) is 0 Å². The molecule has 0 aliphatic heterocycles. The third-order valence-corrected chi connectivity index (χ3v) is 2.70. The van der Waals surface area contributed by atoms with Gasteiger partial charge in [-0.3, -0.25) is 10.0 Å². The van der Waals surface area contributed by atoms with E-state index in [0.717, 1.165) is 0 Å². The number of amides is 1. The highest BCUT2D eigenvalue weighted by atomic mass is 16.8. The van der Waals surface area contributed by atoms with Crippen LogP contribution < -0.4 is 10.5 Å². The Hall–Kier alpha value is -1.67. The molecule has 0 bridgehead atoms. The molecule has 0 fully saturated rings. The van der Waals surface area contributed by atoms with Crippen molar-refractivity contribution in [1.82, 2.24) is 5.32 Å². The first-order valence-electron chi connectivity index (χ1n) is 5.84. The first-order valence-corrected chi connectivity index (χ1v) is 5.84. The maximum Gasteiger partial charge on any atom is 0.220 e. The first kappa shape index (κ1) is 15.4. The number of nitrogens with one attached hydrogen (secondary N) is 1. The third kappa shape index (κ3) is 4.18. The molecule has 1 aromatic rings. The van der Waals surface area contributed by atoms with Gasteiger partial charge in [0, 0.05) is 6.42 Å². The predicted octanol–water partition coefficient (Wildman–Crippen LogP) is 0.300. The Labute approximate surface area is 110 Å². The van der Waals surface area contributed by atoms with E-state index in [9.17, 15) is 20.2 Å². The summed E-state index contributed by atoms with van der Waals surface area (Å²) in [6.07, 6.45) is -0.856. The lowest BCUT2D eigenvalue weighted by Crippen LogP contribution is -2.41. The number of aliphatic hydroxyl groups is 2. The fourth-order valence-corrected chi connectivity index (χ4v) is 1.56. The molecule has 106 valence electrons. The van der Waals surface area contributed by atoms with Gasteiger partial charge in [-0.1, -0.05) is 19.1 Å². The van der Waals surface area contributed by atoms with E-state index in [1.165, 1.54) is 24.3 Å². The van der Waals surface area contributed by atoms with Crippen LogP contribution in [0.1, 0.15) is 25.0 Å². The molecular weight excluding hydrogens is 252 g/mol. The van der Waals surface area contributed by atoms with Crippen LogP contribution in [0, 0.1) is 5.21 Å². The predicted molar refractivity (Wildman–Crippen MR) is 68.3 cm³/mol. The topological polar surface area (TPSA) is 116 Å². The highest BCUT2D eigenvalue weighted by Crippen LogP contribution is 2.20. The number of anilines is 1. The molecule has 1 amide bonds. The zero-order chi connectivity index (χ0) is 14.4. The van der Waals surface area contributed by atoms with Gasteiger partial charge in [-0.05, 0) is 17.7 Å². The van der Waals surface area contributed by atoms with Crippen molar-refractivity contribution in [2.24, 2.45) is 0 Å². The molecule has 7 heteroatoms. The van der Waals surface area contributed by atoms with Crippen molar-refractivity contribution in [3.8, 4) is 0 Å². The van der Waals surface area contributed by atoms with Crippen molar-refractivity contribution in [1.29, 1.82) is 0 Å². The van der Waals surface area contributed by atoms with Gasteiger partial charge in [0.1, 0.15) is 6.10 Å². The lowest BCUT2D eigenvalue weighted by Gasteiger charge is -2.24. The number of hydrogen-bond acceptors (Lipinski definition) is 6. The van der Waals surface area contributed by atoms with Crippen molar-refractivity contribution in [3.05, 3.63) is 35.0 Å². The Morgan fingerprint density at radius 1 is 1.42 bits per heavy atom. The van der Waals surface area contributed by atoms with Gasteiger partial charge in [-0.15, -0.1) is 0 Å². The monoisotopic (exact) mass is 269 g/mol. The van der Waals surface area contributed by atoms with Crippen LogP contribution in [-0.4, -0.2) is 34.0 Å². The van der Waals surface area contributed by atoms with Crippen molar-refractivity contribution in [3.63, 3.8) is 0 Å². The smallest absolute Gasteiger partial charge is 0.220 e. The van der Waals surface area contributed by atoms with E-state index in [1.807, 2.05) is 0 Å². The Morgan fingerprint density at radius 2 is 2.00 bits per heavy atom. The van der Waals surface area contributed by atoms with Gasteiger partial charge in [0.05, 0.1) is 18.3 Å². The van der Waals surface area contributed by atoms with E-state index in [4.69, 9.17) is 5.21 Å². The van der Waals surface area contributed by atoms with Gasteiger partial charge < -0.3 is 26.0 Å². The van der Waals surface area contributed by atoms with Crippen LogP contribution in [0.2, 0.25) is 0 Å². The van der Waals surface area contributed by atoms with Gasteiger partial charge in [-0.25, -0.2) is 0 Å². The van der Waals surface area contributed by atoms with Crippen molar-refractivity contribution >= 4 is 11.6 Å². The molecule has 0 heterocycles. The Morgan fingerprint density at radius 3 is 2.42 bits per heavy atom. The molecule has 0 saturated carbocycles. The van der Waals surface area contributed by atoms with Gasteiger partial charge >= 0.3 is 0 Å². The van der Waals surface area contributed by atoms with Crippen LogP contribution in [0.25, 0.3) is 0 Å². The summed E-state index contributed by atoms with van der Waals surface area (Å²) in [5, 5.41) is 40.7. The van der Waals surface area contributed by atoms with Crippen molar-refractivity contribution in [2.45, 2.75) is 25.5 Å². The number of carbonyl (C=O) groups excluding carboxylic acids is 1. The summed E-state index contributed by atoms with van der Waals surface area (Å²) in [5.41, 5.74) is 0.440. The molecule has 0 spiro atoms. The molecule has 0 radical (unpaired) electrons. The summed E-state index contributed by atoms with van der Waals surface area (Å²) < 4.78 is 0. The highest BCUT2D eigenvalue weighted by molar-refractivity contribution is 5.75. The Bertz CT molecular complexity index is 407. The number of carbonyl (C=O) groups is 1. The van der Waals surface area contributed by atoms with Gasteiger partial charge in [0.25, 0.3) is 0 Å². The molecule has 0 aliphatic carbocycles. The minimum atomic E-state index is -1.10. The molecule has 1 rings (SSSR count). The minimum absolute atomic E-state index is 0.0223. The molecular formula is C12H17N2O5-. The van der Waals surface area contributed by atoms with E-state index in [2.05, 4.69) is 5.32 Å². The first-order chi connectivity index (χ1) is 8.99. The normalized spacial score (nSPS) is 13.7. The second kappa shape index (κ2) is 7.05. The van der Waals surface area contributed by atoms with Crippen LogP contribution >= 0.6 is 0 Å².